The summed E-state index contributed by atoms with van der Waals surface area (Å²) < 4.78 is 1.71. The molecule has 174 valence electrons. The largest absolute Gasteiger partial charge is 0.354 e. The number of piperidine rings is 1. The van der Waals surface area contributed by atoms with Gasteiger partial charge in [-0.2, -0.15) is 0 Å². The second-order valence-electron chi connectivity index (χ2n) is 8.87. The van der Waals surface area contributed by atoms with E-state index in [0.29, 0.717) is 18.9 Å². The Hall–Kier alpha value is -3.19. The molecule has 0 radical (unpaired) electrons. The Labute approximate surface area is 195 Å². The molecule has 0 aliphatic carbocycles. The second kappa shape index (κ2) is 10.6. The van der Waals surface area contributed by atoms with E-state index in [0.717, 1.165) is 42.5 Å². The molecule has 0 bridgehead atoms. The van der Waals surface area contributed by atoms with Gasteiger partial charge < -0.3 is 19.7 Å². The smallest absolute Gasteiger partial charge is 0.294 e. The number of carbonyl (C=O) groups excluding carboxylic acids is 1. The molecule has 3 aromatic rings. The number of benzene rings is 2. The number of hydrogen-bond acceptors (Lipinski definition) is 5. The molecule has 0 saturated carbocycles. The third kappa shape index (κ3) is 5.42. The van der Waals surface area contributed by atoms with Gasteiger partial charge in [-0.15, -0.1) is 0 Å². The van der Waals surface area contributed by atoms with E-state index in [1.165, 1.54) is 6.42 Å². The molecule has 1 aliphatic heterocycles. The van der Waals surface area contributed by atoms with Crippen molar-refractivity contribution >= 4 is 22.8 Å². The van der Waals surface area contributed by atoms with Gasteiger partial charge in [0.1, 0.15) is 0 Å². The predicted octanol–water partition coefficient (Wildman–Crippen LogP) is 3.20. The van der Waals surface area contributed by atoms with Gasteiger partial charge >= 0.3 is 0 Å². The number of carbonyl (C=O) groups is 1. The summed E-state index contributed by atoms with van der Waals surface area (Å²) in [5, 5.41) is 3.06. The van der Waals surface area contributed by atoms with Crippen LogP contribution in [0.4, 0.5) is 5.82 Å². The fourth-order valence-corrected chi connectivity index (χ4v) is 4.50. The van der Waals surface area contributed by atoms with Gasteiger partial charge in [0.25, 0.3) is 5.56 Å². The lowest BCUT2D eigenvalue weighted by molar-refractivity contribution is -0.121. The SMILES string of the molecule is CN(C)C(CNC(=O)CCn1c(=O)c(N2CCCCC2)nc2ccccc21)c1ccccc1. The van der Waals surface area contributed by atoms with Gasteiger partial charge in [0, 0.05) is 32.6 Å². The molecule has 7 heteroatoms. The summed E-state index contributed by atoms with van der Waals surface area (Å²) in [6.45, 7) is 2.55. The first-order valence-corrected chi connectivity index (χ1v) is 11.8. The van der Waals surface area contributed by atoms with Crippen molar-refractivity contribution in [2.75, 3.05) is 38.6 Å². The zero-order valence-electron chi connectivity index (χ0n) is 19.5. The highest BCUT2D eigenvalue weighted by Crippen LogP contribution is 2.19. The fourth-order valence-electron chi connectivity index (χ4n) is 4.50. The minimum absolute atomic E-state index is 0.0647. The number of likely N-dealkylation sites (N-methyl/N-ethyl adjacent to an activating group) is 1. The molecule has 2 aromatic carbocycles. The maximum Gasteiger partial charge on any atom is 0.294 e. The van der Waals surface area contributed by atoms with Crippen molar-refractivity contribution < 1.29 is 4.79 Å². The first-order chi connectivity index (χ1) is 16.0. The highest BCUT2D eigenvalue weighted by atomic mass is 16.2. The Morgan fingerprint density at radius 1 is 1.03 bits per heavy atom. The Balaban J connectivity index is 1.48. The topological polar surface area (TPSA) is 70.5 Å². The zero-order chi connectivity index (χ0) is 23.2. The number of nitrogens with one attached hydrogen (secondary N) is 1. The molecule has 1 saturated heterocycles. The van der Waals surface area contributed by atoms with Crippen molar-refractivity contribution in [2.24, 2.45) is 0 Å². The van der Waals surface area contributed by atoms with Crippen LogP contribution in [-0.4, -0.2) is 54.1 Å². The lowest BCUT2D eigenvalue weighted by Crippen LogP contribution is -2.38. The van der Waals surface area contributed by atoms with Gasteiger partial charge in [0.05, 0.1) is 17.1 Å². The van der Waals surface area contributed by atoms with Gasteiger partial charge in [-0.05, 0) is 51.1 Å². The molecule has 7 nitrogen and oxygen atoms in total. The van der Waals surface area contributed by atoms with Gasteiger partial charge in [-0.3, -0.25) is 9.59 Å². The number of hydrogen-bond donors (Lipinski definition) is 1. The van der Waals surface area contributed by atoms with Crippen LogP contribution in [0.1, 0.15) is 37.3 Å². The van der Waals surface area contributed by atoms with E-state index >= 15 is 0 Å². The summed E-state index contributed by atoms with van der Waals surface area (Å²) in [7, 11) is 4.02. The molecule has 1 amide bonds. The number of amides is 1. The van der Waals surface area contributed by atoms with Crippen molar-refractivity contribution in [1.29, 1.82) is 0 Å². The van der Waals surface area contributed by atoms with Crippen LogP contribution in [0.3, 0.4) is 0 Å². The lowest BCUT2D eigenvalue weighted by atomic mass is 10.1. The van der Waals surface area contributed by atoms with Crippen molar-refractivity contribution in [3.8, 4) is 0 Å². The molecule has 4 rings (SSSR count). The van der Waals surface area contributed by atoms with E-state index in [9.17, 15) is 9.59 Å². The summed E-state index contributed by atoms with van der Waals surface area (Å²) in [5.41, 5.74) is 2.60. The fraction of sp³-hybridized carbons (Fsp3) is 0.423. The molecule has 1 N–H and O–H groups in total. The molecule has 1 aliphatic rings. The summed E-state index contributed by atoms with van der Waals surface area (Å²) in [6.07, 6.45) is 3.58. The first-order valence-electron chi connectivity index (χ1n) is 11.8. The molecular formula is C26H33N5O2. The first kappa shape index (κ1) is 23.0. The Kier molecular flexibility index (Phi) is 7.40. The average molecular weight is 448 g/mol. The molecule has 2 heterocycles. The number of anilines is 1. The van der Waals surface area contributed by atoms with Gasteiger partial charge in [0.2, 0.25) is 5.91 Å². The summed E-state index contributed by atoms with van der Waals surface area (Å²) >= 11 is 0. The number of rotatable bonds is 8. The Morgan fingerprint density at radius 3 is 2.45 bits per heavy atom. The zero-order valence-corrected chi connectivity index (χ0v) is 19.5. The maximum atomic E-state index is 13.4. The quantitative estimate of drug-likeness (QED) is 0.574. The van der Waals surface area contributed by atoms with Crippen molar-refractivity contribution in [1.82, 2.24) is 19.8 Å². The number of fused-ring (bicyclic) bond motifs is 1. The standard InChI is InChI=1S/C26H33N5O2/c1-29(2)23(20-11-5-3-6-12-20)19-27-24(32)15-18-31-22-14-8-7-13-21(22)28-25(26(31)33)30-16-9-4-10-17-30/h3,5-8,11-14,23H,4,9-10,15-19H2,1-2H3,(H,27,32). The van der Waals surface area contributed by atoms with E-state index in [2.05, 4.69) is 32.2 Å². The third-order valence-corrected chi connectivity index (χ3v) is 6.35. The van der Waals surface area contributed by atoms with Crippen molar-refractivity contribution in [3.05, 3.63) is 70.5 Å². The van der Waals surface area contributed by atoms with E-state index in [1.54, 1.807) is 4.57 Å². The average Bonchev–Trinajstić information content (AvgIpc) is 2.84. The van der Waals surface area contributed by atoms with Crippen LogP contribution in [0.5, 0.6) is 0 Å². The number of aryl methyl sites for hydroxylation is 1. The van der Waals surface area contributed by atoms with Crippen LogP contribution in [0.25, 0.3) is 11.0 Å². The Morgan fingerprint density at radius 2 is 1.73 bits per heavy atom. The van der Waals surface area contributed by atoms with E-state index < -0.39 is 0 Å². The van der Waals surface area contributed by atoms with E-state index in [1.807, 2.05) is 56.6 Å². The molecule has 33 heavy (non-hydrogen) atoms. The lowest BCUT2D eigenvalue weighted by Gasteiger charge is -2.28. The van der Waals surface area contributed by atoms with Crippen LogP contribution in [0.2, 0.25) is 0 Å². The Bertz CT molecular complexity index is 1140. The highest BCUT2D eigenvalue weighted by Gasteiger charge is 2.20. The number of nitrogens with zero attached hydrogens (tertiary/aromatic N) is 4. The second-order valence-corrected chi connectivity index (χ2v) is 8.87. The highest BCUT2D eigenvalue weighted by molar-refractivity contribution is 5.78. The molecule has 1 unspecified atom stereocenters. The molecule has 0 spiro atoms. The van der Waals surface area contributed by atoms with Crippen LogP contribution in [0.15, 0.2) is 59.4 Å². The van der Waals surface area contributed by atoms with Crippen molar-refractivity contribution in [2.45, 2.75) is 38.3 Å². The van der Waals surface area contributed by atoms with Crippen LogP contribution in [-0.2, 0) is 11.3 Å². The molecule has 1 atom stereocenters. The van der Waals surface area contributed by atoms with Crippen LogP contribution in [0, 0.1) is 0 Å². The van der Waals surface area contributed by atoms with Gasteiger partial charge in [-0.25, -0.2) is 4.98 Å². The summed E-state index contributed by atoms with van der Waals surface area (Å²) in [6, 6.07) is 17.9. The van der Waals surface area contributed by atoms with Gasteiger partial charge in [0.15, 0.2) is 5.82 Å². The van der Waals surface area contributed by atoms with Gasteiger partial charge in [-0.1, -0.05) is 42.5 Å². The minimum atomic E-state index is -0.112. The van der Waals surface area contributed by atoms with E-state index in [-0.39, 0.29) is 23.9 Å². The minimum Gasteiger partial charge on any atom is -0.354 e. The van der Waals surface area contributed by atoms with Crippen LogP contribution < -0.4 is 15.8 Å². The summed E-state index contributed by atoms with van der Waals surface area (Å²) in [4.78, 5) is 35.0. The number of aromatic nitrogens is 2. The van der Waals surface area contributed by atoms with Crippen molar-refractivity contribution in [3.63, 3.8) is 0 Å². The molecular weight excluding hydrogens is 414 g/mol. The van der Waals surface area contributed by atoms with E-state index in [4.69, 9.17) is 0 Å². The van der Waals surface area contributed by atoms with Crippen LogP contribution >= 0.6 is 0 Å². The normalized spacial score (nSPS) is 15.1. The molecule has 1 fully saturated rings. The maximum absolute atomic E-state index is 13.4. The third-order valence-electron chi connectivity index (χ3n) is 6.35. The predicted molar refractivity (Wildman–Crippen MR) is 133 cm³/mol. The number of para-hydroxylation sites is 2. The molecule has 1 aromatic heterocycles. The summed E-state index contributed by atoms with van der Waals surface area (Å²) in [5.74, 6) is 0.440. The monoisotopic (exact) mass is 447 g/mol.